The van der Waals surface area contributed by atoms with Crippen LogP contribution in [-0.2, 0) is 4.74 Å². The summed E-state index contributed by atoms with van der Waals surface area (Å²) in [4.78, 5) is 12.5. The largest absolute Gasteiger partial charge is 0.708 e. The minimum atomic E-state index is -2.08. The summed E-state index contributed by atoms with van der Waals surface area (Å²) < 4.78 is 21.8. The van der Waals surface area contributed by atoms with Gasteiger partial charge >= 0.3 is 13.4 Å². The van der Waals surface area contributed by atoms with Crippen molar-refractivity contribution in [3.8, 4) is 17.4 Å². The van der Waals surface area contributed by atoms with E-state index in [2.05, 4.69) is 0 Å². The molecule has 0 bridgehead atoms. The van der Waals surface area contributed by atoms with Crippen molar-refractivity contribution < 1.29 is 33.7 Å². The minimum absolute atomic E-state index is 0.0791. The molecule has 0 aliphatic rings. The van der Waals surface area contributed by atoms with Crippen molar-refractivity contribution in [2.24, 2.45) is 0 Å². The fraction of sp³-hybridized carbons (Fsp3) is 0.400. The first-order chi connectivity index (χ1) is 11.2. The average molecular weight is 337 g/mol. The van der Waals surface area contributed by atoms with Crippen molar-refractivity contribution in [2.75, 3.05) is 14.2 Å². The zero-order valence-corrected chi connectivity index (χ0v) is 14.2. The molecule has 0 aliphatic carbocycles. The highest BCUT2D eigenvalue weighted by Gasteiger charge is 2.26. The van der Waals surface area contributed by atoms with Crippen LogP contribution in [0.25, 0.3) is 10.9 Å². The van der Waals surface area contributed by atoms with Gasteiger partial charge in [0.25, 0.3) is 0 Å². The summed E-state index contributed by atoms with van der Waals surface area (Å²) in [5.74, 6) is 0.788. The Bertz CT molecular complexity index is 748. The molecule has 1 aromatic carbocycles. The van der Waals surface area contributed by atoms with Crippen molar-refractivity contribution in [3.05, 3.63) is 18.2 Å². The number of benzene rings is 1. The van der Waals surface area contributed by atoms with Crippen LogP contribution in [-0.4, -0.2) is 47.9 Å². The summed E-state index contributed by atoms with van der Waals surface area (Å²) in [6.45, 7) is 5.17. The molecule has 24 heavy (non-hydrogen) atoms. The number of carbonyl (C=O) groups excluding carboxylic acids is 1. The third kappa shape index (κ3) is 3.74. The van der Waals surface area contributed by atoms with Gasteiger partial charge in [0.05, 0.1) is 19.7 Å². The lowest BCUT2D eigenvalue weighted by Gasteiger charge is -2.21. The van der Waals surface area contributed by atoms with Crippen molar-refractivity contribution in [3.63, 3.8) is 0 Å². The van der Waals surface area contributed by atoms with E-state index in [1.807, 2.05) is 0 Å². The van der Waals surface area contributed by atoms with Gasteiger partial charge in [0.2, 0.25) is 0 Å². The molecule has 2 N–H and O–H groups in total. The molecule has 0 radical (unpaired) electrons. The van der Waals surface area contributed by atoms with Gasteiger partial charge in [-0.2, -0.15) is 0 Å². The third-order valence-electron chi connectivity index (χ3n) is 3.08. The molecule has 2 aromatic rings. The third-order valence-corrected chi connectivity index (χ3v) is 3.08. The monoisotopic (exact) mass is 337 g/mol. The standard InChI is InChI=1S/C15H20BNO7/c1-15(2,3)23-14(18)17-10-8-12(22-5)11(21-4)6-9(10)7-13(17)24-16(19)20/h6-8,19-20H,1-5H3. The Morgan fingerprint density at radius 2 is 1.67 bits per heavy atom. The molecular weight excluding hydrogens is 317 g/mol. The highest BCUT2D eigenvalue weighted by atomic mass is 16.6. The number of carbonyl (C=O) groups is 1. The van der Waals surface area contributed by atoms with Crippen LogP contribution in [0.15, 0.2) is 18.2 Å². The molecule has 9 heteroatoms. The highest BCUT2D eigenvalue weighted by molar-refractivity contribution is 6.33. The maximum absolute atomic E-state index is 12.5. The number of rotatable bonds is 4. The molecule has 0 amide bonds. The van der Waals surface area contributed by atoms with E-state index < -0.39 is 19.0 Å². The van der Waals surface area contributed by atoms with Gasteiger partial charge in [-0.25, -0.2) is 9.36 Å². The van der Waals surface area contributed by atoms with E-state index in [9.17, 15) is 4.79 Å². The Labute approximate surface area is 139 Å². The minimum Gasteiger partial charge on any atom is -0.498 e. The van der Waals surface area contributed by atoms with Crippen LogP contribution in [0.2, 0.25) is 0 Å². The van der Waals surface area contributed by atoms with Crippen molar-refractivity contribution in [1.82, 2.24) is 4.57 Å². The Morgan fingerprint density at radius 3 is 2.17 bits per heavy atom. The first-order valence-electron chi connectivity index (χ1n) is 7.20. The zero-order chi connectivity index (χ0) is 18.1. The topological polar surface area (TPSA) is 99.4 Å². The summed E-state index contributed by atoms with van der Waals surface area (Å²) >= 11 is 0. The average Bonchev–Trinajstić information content (AvgIpc) is 2.79. The van der Waals surface area contributed by atoms with Crippen molar-refractivity contribution >= 4 is 24.3 Å². The van der Waals surface area contributed by atoms with Gasteiger partial charge in [-0.1, -0.05) is 0 Å². The van der Waals surface area contributed by atoms with Gasteiger partial charge in [-0.3, -0.25) is 0 Å². The molecule has 8 nitrogen and oxygen atoms in total. The molecule has 0 fully saturated rings. The summed E-state index contributed by atoms with van der Waals surface area (Å²) in [5, 5.41) is 18.8. The normalized spacial score (nSPS) is 11.3. The zero-order valence-electron chi connectivity index (χ0n) is 14.2. The van der Waals surface area contributed by atoms with Crippen LogP contribution in [0, 0.1) is 0 Å². The number of fused-ring (bicyclic) bond motifs is 1. The van der Waals surface area contributed by atoms with Crippen LogP contribution < -0.4 is 14.1 Å². The van der Waals surface area contributed by atoms with E-state index in [1.165, 1.54) is 20.3 Å². The Hall–Kier alpha value is -2.39. The lowest BCUT2D eigenvalue weighted by molar-refractivity contribution is 0.0535. The molecule has 0 unspecified atom stereocenters. The molecule has 1 heterocycles. The summed E-state index contributed by atoms with van der Waals surface area (Å²) in [6.07, 6.45) is -0.722. The Kier molecular flexibility index (Phi) is 4.95. The number of ether oxygens (including phenoxy) is 3. The molecule has 0 atom stereocenters. The number of methoxy groups -OCH3 is 2. The summed E-state index contributed by atoms with van der Waals surface area (Å²) in [6, 6.07) is 4.70. The molecule has 130 valence electrons. The first-order valence-corrected chi connectivity index (χ1v) is 7.20. The Morgan fingerprint density at radius 1 is 1.08 bits per heavy atom. The smallest absolute Gasteiger partial charge is 0.498 e. The van der Waals surface area contributed by atoms with Crippen LogP contribution in [0.3, 0.4) is 0 Å². The SMILES string of the molecule is COc1cc2cc(OB(O)O)n(C(=O)OC(C)(C)C)c2cc1OC. The highest BCUT2D eigenvalue weighted by Crippen LogP contribution is 2.36. The predicted octanol–water partition coefficient (Wildman–Crippen LogP) is 1.79. The predicted molar refractivity (Wildman–Crippen MR) is 87.5 cm³/mol. The maximum atomic E-state index is 12.5. The number of hydrogen-bond acceptors (Lipinski definition) is 7. The second-order valence-electron chi connectivity index (χ2n) is 6.01. The van der Waals surface area contributed by atoms with Gasteiger partial charge in [0.1, 0.15) is 5.60 Å². The van der Waals surface area contributed by atoms with Crippen LogP contribution in [0.4, 0.5) is 4.79 Å². The van der Waals surface area contributed by atoms with E-state index in [1.54, 1.807) is 32.9 Å². The van der Waals surface area contributed by atoms with E-state index in [-0.39, 0.29) is 5.88 Å². The summed E-state index contributed by atoms with van der Waals surface area (Å²) in [5.41, 5.74) is -0.322. The summed E-state index contributed by atoms with van der Waals surface area (Å²) in [7, 11) is 0.877. The second-order valence-corrected chi connectivity index (χ2v) is 6.01. The van der Waals surface area contributed by atoms with E-state index in [4.69, 9.17) is 28.9 Å². The van der Waals surface area contributed by atoms with E-state index in [0.717, 1.165) is 4.57 Å². The van der Waals surface area contributed by atoms with Crippen molar-refractivity contribution in [1.29, 1.82) is 0 Å². The molecule has 0 spiro atoms. The van der Waals surface area contributed by atoms with Gasteiger partial charge < -0.3 is 28.9 Å². The molecular formula is C15H20BNO7. The van der Waals surface area contributed by atoms with E-state index in [0.29, 0.717) is 22.4 Å². The number of nitrogens with zero attached hydrogens (tertiary/aromatic N) is 1. The lowest BCUT2D eigenvalue weighted by atomic mass is 10.2. The Balaban J connectivity index is 2.65. The molecule has 0 saturated heterocycles. The quantitative estimate of drug-likeness (QED) is 0.821. The molecule has 1 aromatic heterocycles. The van der Waals surface area contributed by atoms with Gasteiger partial charge in [0.15, 0.2) is 17.4 Å². The van der Waals surface area contributed by atoms with Gasteiger partial charge in [-0.15, -0.1) is 0 Å². The van der Waals surface area contributed by atoms with E-state index >= 15 is 0 Å². The number of hydrogen-bond donors (Lipinski definition) is 2. The number of aromatic nitrogens is 1. The second kappa shape index (κ2) is 6.62. The van der Waals surface area contributed by atoms with Gasteiger partial charge in [0, 0.05) is 17.5 Å². The molecule has 0 saturated carbocycles. The lowest BCUT2D eigenvalue weighted by Crippen LogP contribution is -2.29. The van der Waals surface area contributed by atoms with Gasteiger partial charge in [-0.05, 0) is 26.8 Å². The van der Waals surface area contributed by atoms with Crippen LogP contribution in [0.5, 0.6) is 17.4 Å². The fourth-order valence-corrected chi connectivity index (χ4v) is 2.20. The fourth-order valence-electron chi connectivity index (χ4n) is 2.20. The van der Waals surface area contributed by atoms with Crippen molar-refractivity contribution in [2.45, 2.75) is 26.4 Å². The first kappa shape index (κ1) is 18.0. The molecule has 2 rings (SSSR count). The van der Waals surface area contributed by atoms with Crippen LogP contribution in [0.1, 0.15) is 20.8 Å². The maximum Gasteiger partial charge on any atom is 0.708 e. The molecule has 0 aliphatic heterocycles. The van der Waals surface area contributed by atoms with Crippen LogP contribution >= 0.6 is 0 Å².